The van der Waals surface area contributed by atoms with Gasteiger partial charge in [-0.25, -0.2) is 17.9 Å². The molecule has 33 heavy (non-hydrogen) atoms. The van der Waals surface area contributed by atoms with Crippen molar-refractivity contribution in [2.45, 2.75) is 50.3 Å². The van der Waals surface area contributed by atoms with Crippen molar-refractivity contribution in [1.29, 1.82) is 0 Å². The number of rotatable bonds is 6. The Morgan fingerprint density at radius 1 is 1.06 bits per heavy atom. The van der Waals surface area contributed by atoms with E-state index in [1.165, 1.54) is 6.26 Å². The van der Waals surface area contributed by atoms with Crippen molar-refractivity contribution in [2.24, 2.45) is 0 Å². The lowest BCUT2D eigenvalue weighted by Crippen LogP contribution is -2.58. The number of hydrogen-bond acceptors (Lipinski definition) is 5. The van der Waals surface area contributed by atoms with Gasteiger partial charge in [0.1, 0.15) is 6.10 Å². The van der Waals surface area contributed by atoms with Crippen LogP contribution in [0.5, 0.6) is 0 Å². The van der Waals surface area contributed by atoms with E-state index < -0.39 is 10.0 Å². The first-order chi connectivity index (χ1) is 15.9. The summed E-state index contributed by atoms with van der Waals surface area (Å²) in [6, 6.07) is 17.6. The zero-order valence-corrected chi connectivity index (χ0v) is 19.8. The smallest absolute Gasteiger partial charge is 0.410 e. The Labute approximate surface area is 196 Å². The summed E-state index contributed by atoms with van der Waals surface area (Å²) < 4.78 is 38.1. The number of sulfonamides is 1. The lowest BCUT2D eigenvalue weighted by molar-refractivity contribution is -0.0189. The summed E-state index contributed by atoms with van der Waals surface area (Å²) in [5.74, 6) is 0. The number of nitrogens with one attached hydrogen (secondary N) is 1. The number of hydrogen-bond donors (Lipinski definition) is 1. The average Bonchev–Trinajstić information content (AvgIpc) is 2.80. The Kier molecular flexibility index (Phi) is 7.67. The Bertz CT molecular complexity index is 1040. The summed E-state index contributed by atoms with van der Waals surface area (Å²) in [7, 11) is -3.42. The van der Waals surface area contributed by atoms with Crippen LogP contribution >= 0.6 is 0 Å². The standard InChI is InChI=1S/C25H32N2O5S/c1-33(29,30)26-23-11-6-14-27(25(28)32-22-12-15-31-16-13-22)24(23)18-19-7-5-10-21(17-19)20-8-3-2-4-9-20/h2-5,7-10,17,22-24,26H,6,11-16,18H2,1H3/t23-,24-/m1/s1. The van der Waals surface area contributed by atoms with Crippen LogP contribution in [0.3, 0.4) is 0 Å². The minimum Gasteiger partial charge on any atom is -0.446 e. The van der Waals surface area contributed by atoms with Gasteiger partial charge >= 0.3 is 6.09 Å². The quantitative estimate of drug-likeness (QED) is 0.695. The van der Waals surface area contributed by atoms with Crippen molar-refractivity contribution in [3.8, 4) is 11.1 Å². The van der Waals surface area contributed by atoms with Gasteiger partial charge in [0.05, 0.1) is 25.5 Å². The van der Waals surface area contributed by atoms with Crippen molar-refractivity contribution in [3.05, 3.63) is 60.2 Å². The van der Waals surface area contributed by atoms with E-state index in [1.807, 2.05) is 30.3 Å². The third kappa shape index (κ3) is 6.56. The summed E-state index contributed by atoms with van der Waals surface area (Å²) >= 11 is 0. The maximum atomic E-state index is 13.2. The highest BCUT2D eigenvalue weighted by Crippen LogP contribution is 2.26. The van der Waals surface area contributed by atoms with Crippen LogP contribution in [0.2, 0.25) is 0 Å². The summed E-state index contributed by atoms with van der Waals surface area (Å²) in [6.07, 6.45) is 3.95. The summed E-state index contributed by atoms with van der Waals surface area (Å²) in [5, 5.41) is 0. The summed E-state index contributed by atoms with van der Waals surface area (Å²) in [5.41, 5.74) is 3.25. The lowest BCUT2D eigenvalue weighted by atomic mass is 9.90. The van der Waals surface area contributed by atoms with Crippen molar-refractivity contribution >= 4 is 16.1 Å². The molecule has 0 saturated carbocycles. The van der Waals surface area contributed by atoms with Crippen molar-refractivity contribution in [2.75, 3.05) is 26.0 Å². The molecular formula is C25H32N2O5S. The van der Waals surface area contributed by atoms with Crippen LogP contribution in [0.15, 0.2) is 54.6 Å². The van der Waals surface area contributed by atoms with Gasteiger partial charge in [-0.15, -0.1) is 0 Å². The van der Waals surface area contributed by atoms with E-state index in [0.717, 1.165) is 23.1 Å². The Morgan fingerprint density at radius 3 is 2.52 bits per heavy atom. The van der Waals surface area contributed by atoms with Crippen LogP contribution in [0.1, 0.15) is 31.2 Å². The first-order valence-corrected chi connectivity index (χ1v) is 13.4. The van der Waals surface area contributed by atoms with Crippen molar-refractivity contribution < 1.29 is 22.7 Å². The molecule has 178 valence electrons. The molecule has 0 spiro atoms. The molecule has 2 aliphatic heterocycles. The third-order valence-corrected chi connectivity index (χ3v) is 7.02. The number of carbonyl (C=O) groups excluding carboxylic acids is 1. The molecule has 0 radical (unpaired) electrons. The fraction of sp³-hybridized carbons (Fsp3) is 0.480. The van der Waals surface area contributed by atoms with E-state index in [4.69, 9.17) is 9.47 Å². The molecule has 0 bridgehead atoms. The first kappa shape index (κ1) is 23.7. The van der Waals surface area contributed by atoms with Gasteiger partial charge in [-0.2, -0.15) is 0 Å². The molecule has 8 heteroatoms. The van der Waals surface area contributed by atoms with Crippen LogP contribution < -0.4 is 4.72 Å². The number of likely N-dealkylation sites (tertiary alicyclic amines) is 1. The lowest BCUT2D eigenvalue weighted by Gasteiger charge is -2.41. The number of benzene rings is 2. The number of carbonyl (C=O) groups is 1. The summed E-state index contributed by atoms with van der Waals surface area (Å²) in [6.45, 7) is 1.73. The molecule has 2 aromatic carbocycles. The second-order valence-electron chi connectivity index (χ2n) is 8.87. The van der Waals surface area contributed by atoms with Gasteiger partial charge in [0.25, 0.3) is 0 Å². The number of amides is 1. The highest BCUT2D eigenvalue weighted by molar-refractivity contribution is 7.88. The van der Waals surface area contributed by atoms with Crippen LogP contribution in [-0.4, -0.2) is 63.6 Å². The minimum absolute atomic E-state index is 0.156. The summed E-state index contributed by atoms with van der Waals surface area (Å²) in [4.78, 5) is 14.9. The molecule has 2 atom stereocenters. The monoisotopic (exact) mass is 472 g/mol. The SMILES string of the molecule is CS(=O)(=O)N[C@@H]1CCCN(C(=O)OC2CCOCC2)[C@@H]1Cc1cccc(-c2ccccc2)c1. The molecule has 0 aromatic heterocycles. The first-order valence-electron chi connectivity index (χ1n) is 11.6. The second-order valence-corrected chi connectivity index (χ2v) is 10.6. The van der Waals surface area contributed by atoms with Gasteiger partial charge in [-0.05, 0) is 36.0 Å². The molecule has 0 unspecified atom stereocenters. The van der Waals surface area contributed by atoms with Crippen LogP contribution in [0, 0.1) is 0 Å². The van der Waals surface area contributed by atoms with E-state index in [-0.39, 0.29) is 24.3 Å². The van der Waals surface area contributed by atoms with Gasteiger partial charge < -0.3 is 14.4 Å². The van der Waals surface area contributed by atoms with Gasteiger partial charge in [0, 0.05) is 25.4 Å². The van der Waals surface area contributed by atoms with Crippen molar-refractivity contribution in [1.82, 2.24) is 9.62 Å². The van der Waals surface area contributed by atoms with E-state index >= 15 is 0 Å². The fourth-order valence-corrected chi connectivity index (χ4v) is 5.53. The third-order valence-electron chi connectivity index (χ3n) is 6.29. The second kappa shape index (κ2) is 10.7. The molecule has 1 amide bonds. The van der Waals surface area contributed by atoms with Gasteiger partial charge in [0.15, 0.2) is 0 Å². The van der Waals surface area contributed by atoms with Gasteiger partial charge in [0.2, 0.25) is 10.0 Å². The van der Waals surface area contributed by atoms with Crippen LogP contribution in [0.25, 0.3) is 11.1 Å². The largest absolute Gasteiger partial charge is 0.446 e. The van der Waals surface area contributed by atoms with E-state index in [2.05, 4.69) is 29.0 Å². The molecule has 2 saturated heterocycles. The highest BCUT2D eigenvalue weighted by Gasteiger charge is 2.37. The number of piperidine rings is 1. The van der Waals surface area contributed by atoms with Crippen molar-refractivity contribution in [3.63, 3.8) is 0 Å². The van der Waals surface area contributed by atoms with Crippen LogP contribution in [-0.2, 0) is 25.9 Å². The number of ether oxygens (including phenoxy) is 2. The molecule has 7 nitrogen and oxygen atoms in total. The normalized spacial score (nSPS) is 22.2. The topological polar surface area (TPSA) is 84.9 Å². The predicted molar refractivity (Wildman–Crippen MR) is 127 cm³/mol. The molecule has 1 N–H and O–H groups in total. The fourth-order valence-electron chi connectivity index (χ4n) is 4.70. The molecule has 0 aliphatic carbocycles. The minimum atomic E-state index is -3.42. The van der Waals surface area contributed by atoms with Crippen LogP contribution in [0.4, 0.5) is 4.79 Å². The molecule has 2 aliphatic rings. The highest BCUT2D eigenvalue weighted by atomic mass is 32.2. The van der Waals surface area contributed by atoms with Gasteiger partial charge in [-0.1, -0.05) is 54.6 Å². The average molecular weight is 473 g/mol. The molecule has 2 heterocycles. The Balaban J connectivity index is 1.57. The number of nitrogens with zero attached hydrogens (tertiary/aromatic N) is 1. The molecule has 4 rings (SSSR count). The zero-order valence-electron chi connectivity index (χ0n) is 19.0. The van der Waals surface area contributed by atoms with E-state index in [9.17, 15) is 13.2 Å². The molecule has 2 aromatic rings. The van der Waals surface area contributed by atoms with E-state index in [0.29, 0.717) is 45.4 Å². The molecular weight excluding hydrogens is 440 g/mol. The Morgan fingerprint density at radius 2 is 1.79 bits per heavy atom. The predicted octanol–water partition coefficient (Wildman–Crippen LogP) is 3.59. The maximum absolute atomic E-state index is 13.2. The molecule has 2 fully saturated rings. The van der Waals surface area contributed by atoms with E-state index in [1.54, 1.807) is 4.90 Å². The Hall–Kier alpha value is -2.42. The van der Waals surface area contributed by atoms with Gasteiger partial charge in [-0.3, -0.25) is 0 Å². The zero-order chi connectivity index (χ0) is 23.3. The maximum Gasteiger partial charge on any atom is 0.410 e.